The van der Waals surface area contributed by atoms with Crippen molar-refractivity contribution < 1.29 is 9.18 Å². The maximum atomic E-state index is 14.0. The van der Waals surface area contributed by atoms with Gasteiger partial charge in [-0.3, -0.25) is 18.7 Å². The maximum Gasteiger partial charge on any atom is 0.332 e. The second-order valence-corrected chi connectivity index (χ2v) is 7.58. The number of aromatic nitrogens is 3. The van der Waals surface area contributed by atoms with Crippen LogP contribution in [0.2, 0.25) is 0 Å². The first kappa shape index (κ1) is 20.9. The summed E-state index contributed by atoms with van der Waals surface area (Å²) < 4.78 is 18.5. The Labute approximate surface area is 178 Å². The molecule has 0 aliphatic carbocycles. The van der Waals surface area contributed by atoms with E-state index >= 15 is 0 Å². The van der Waals surface area contributed by atoms with Gasteiger partial charge in [0, 0.05) is 45.5 Å². The number of nitrogens with zero attached hydrogens (tertiary/aromatic N) is 5. The summed E-state index contributed by atoms with van der Waals surface area (Å²) in [6.45, 7) is 6.38. The number of rotatable bonds is 5. The molecule has 0 bridgehead atoms. The number of hydrogen-bond acceptors (Lipinski definition) is 4. The predicted octanol–water partition coefficient (Wildman–Crippen LogP) is 1.49. The highest BCUT2D eigenvalue weighted by Gasteiger charge is 2.24. The van der Waals surface area contributed by atoms with E-state index in [2.05, 4.69) is 0 Å². The lowest BCUT2D eigenvalue weighted by Gasteiger charge is -2.36. The fraction of sp³-hybridized carbons (Fsp3) is 0.409. The molecule has 1 fully saturated rings. The highest BCUT2D eigenvalue weighted by Crippen LogP contribution is 2.20. The average Bonchev–Trinajstić information content (AvgIpc) is 3.18. The van der Waals surface area contributed by atoms with Gasteiger partial charge in [-0.05, 0) is 32.0 Å². The van der Waals surface area contributed by atoms with Crippen LogP contribution in [0.5, 0.6) is 0 Å². The number of halogens is 1. The molecule has 4 rings (SSSR count). The van der Waals surface area contributed by atoms with E-state index < -0.39 is 0 Å². The van der Waals surface area contributed by atoms with Crippen molar-refractivity contribution in [2.45, 2.75) is 33.5 Å². The van der Waals surface area contributed by atoms with E-state index in [4.69, 9.17) is 0 Å². The van der Waals surface area contributed by atoms with Crippen LogP contribution in [0.25, 0.3) is 11.0 Å². The Kier molecular flexibility index (Phi) is 5.67. The molecule has 8 nitrogen and oxygen atoms in total. The van der Waals surface area contributed by atoms with E-state index in [1.54, 1.807) is 46.9 Å². The van der Waals surface area contributed by atoms with Crippen LogP contribution >= 0.6 is 0 Å². The highest BCUT2D eigenvalue weighted by atomic mass is 19.1. The van der Waals surface area contributed by atoms with Gasteiger partial charge in [0.15, 0.2) is 0 Å². The lowest BCUT2D eigenvalue weighted by atomic mass is 10.2. The molecule has 1 aromatic carbocycles. The van der Waals surface area contributed by atoms with E-state index in [1.807, 2.05) is 11.8 Å². The Bertz CT molecular complexity index is 1230. The number of aryl methyl sites for hydroxylation is 1. The molecule has 1 amide bonds. The zero-order valence-corrected chi connectivity index (χ0v) is 17.8. The molecule has 9 heteroatoms. The molecule has 31 heavy (non-hydrogen) atoms. The SMILES string of the molecule is CCn1c(=O)c2ccn(CC(=O)N3CCN(c4ccccc4F)CC3)c2n(CC)c1=O. The van der Waals surface area contributed by atoms with Gasteiger partial charge in [0.2, 0.25) is 5.91 Å². The number of hydrogen-bond donors (Lipinski definition) is 0. The number of benzene rings is 1. The van der Waals surface area contributed by atoms with E-state index in [0.29, 0.717) is 56.0 Å². The van der Waals surface area contributed by atoms with Gasteiger partial charge in [-0.25, -0.2) is 9.18 Å². The zero-order valence-electron chi connectivity index (χ0n) is 17.8. The second-order valence-electron chi connectivity index (χ2n) is 7.58. The van der Waals surface area contributed by atoms with Crippen LogP contribution < -0.4 is 16.1 Å². The van der Waals surface area contributed by atoms with Crippen molar-refractivity contribution in [3.63, 3.8) is 0 Å². The van der Waals surface area contributed by atoms with Gasteiger partial charge in [0.25, 0.3) is 5.56 Å². The molecule has 1 saturated heterocycles. The number of fused-ring (bicyclic) bond motifs is 1. The molecule has 3 heterocycles. The van der Waals surface area contributed by atoms with Crippen LogP contribution in [-0.2, 0) is 24.4 Å². The van der Waals surface area contributed by atoms with Gasteiger partial charge in [-0.1, -0.05) is 12.1 Å². The summed E-state index contributed by atoms with van der Waals surface area (Å²) in [5.74, 6) is -0.364. The Morgan fingerprint density at radius 1 is 0.968 bits per heavy atom. The smallest absolute Gasteiger partial charge is 0.332 e. The quantitative estimate of drug-likeness (QED) is 0.619. The normalized spacial score (nSPS) is 14.4. The minimum absolute atomic E-state index is 0.0399. The van der Waals surface area contributed by atoms with Gasteiger partial charge in [-0.2, -0.15) is 0 Å². The molecule has 0 spiro atoms. The summed E-state index contributed by atoms with van der Waals surface area (Å²) in [7, 11) is 0. The Balaban J connectivity index is 1.54. The van der Waals surface area contributed by atoms with Crippen molar-refractivity contribution in [3.8, 4) is 0 Å². The zero-order chi connectivity index (χ0) is 22.1. The van der Waals surface area contributed by atoms with Crippen molar-refractivity contribution in [1.82, 2.24) is 18.6 Å². The van der Waals surface area contributed by atoms with Crippen LogP contribution in [0.15, 0.2) is 46.1 Å². The molecule has 1 aliphatic rings. The van der Waals surface area contributed by atoms with Crippen LogP contribution in [0.1, 0.15) is 13.8 Å². The Morgan fingerprint density at radius 3 is 2.29 bits per heavy atom. The molecule has 0 radical (unpaired) electrons. The van der Waals surface area contributed by atoms with Gasteiger partial charge in [-0.15, -0.1) is 0 Å². The van der Waals surface area contributed by atoms with Crippen LogP contribution in [-0.4, -0.2) is 50.7 Å². The molecule has 164 valence electrons. The first-order valence-electron chi connectivity index (χ1n) is 10.6. The topological polar surface area (TPSA) is 72.5 Å². The molecule has 0 atom stereocenters. The summed E-state index contributed by atoms with van der Waals surface area (Å²) in [6, 6.07) is 8.30. The molecular formula is C22H26FN5O3. The predicted molar refractivity (Wildman–Crippen MR) is 117 cm³/mol. The van der Waals surface area contributed by atoms with Crippen molar-refractivity contribution in [1.29, 1.82) is 0 Å². The summed E-state index contributed by atoms with van der Waals surface area (Å²) in [5, 5.41) is 0.431. The third-order valence-electron chi connectivity index (χ3n) is 5.89. The van der Waals surface area contributed by atoms with Crippen molar-refractivity contribution in [2.75, 3.05) is 31.1 Å². The minimum atomic E-state index is -0.367. The summed E-state index contributed by atoms with van der Waals surface area (Å²) in [6.07, 6.45) is 1.69. The molecule has 2 aromatic heterocycles. The largest absolute Gasteiger partial charge is 0.366 e. The Morgan fingerprint density at radius 2 is 1.65 bits per heavy atom. The molecule has 3 aromatic rings. The molecule has 1 aliphatic heterocycles. The second kappa shape index (κ2) is 8.41. The monoisotopic (exact) mass is 427 g/mol. The van der Waals surface area contributed by atoms with E-state index in [1.165, 1.54) is 15.2 Å². The standard InChI is InChI=1S/C22H26FN5O3/c1-3-27-20-16(21(30)28(4-2)22(27)31)9-10-26(20)15-19(29)25-13-11-24(12-14-25)18-8-6-5-7-17(18)23/h5-10H,3-4,11-15H2,1-2H3. The molecule has 0 N–H and O–H groups in total. The van der Waals surface area contributed by atoms with Crippen molar-refractivity contribution in [3.05, 3.63) is 63.2 Å². The van der Waals surface area contributed by atoms with Crippen LogP contribution in [0.4, 0.5) is 10.1 Å². The van der Waals surface area contributed by atoms with Crippen molar-refractivity contribution in [2.24, 2.45) is 0 Å². The van der Waals surface area contributed by atoms with E-state index in [9.17, 15) is 18.8 Å². The van der Waals surface area contributed by atoms with E-state index in [0.717, 1.165) is 0 Å². The van der Waals surface area contributed by atoms with E-state index in [-0.39, 0.29) is 29.5 Å². The molecular weight excluding hydrogens is 401 g/mol. The van der Waals surface area contributed by atoms with Crippen molar-refractivity contribution >= 4 is 22.6 Å². The molecule has 0 saturated carbocycles. The summed E-state index contributed by atoms with van der Waals surface area (Å²) in [5.41, 5.74) is 0.316. The number of carbonyl (C=O) groups is 1. The summed E-state index contributed by atoms with van der Waals surface area (Å²) >= 11 is 0. The van der Waals surface area contributed by atoms with Gasteiger partial charge in [0.05, 0.1) is 11.1 Å². The van der Waals surface area contributed by atoms with Crippen LogP contribution in [0.3, 0.4) is 0 Å². The highest BCUT2D eigenvalue weighted by molar-refractivity contribution is 5.81. The van der Waals surface area contributed by atoms with Gasteiger partial charge < -0.3 is 14.4 Å². The molecule has 0 unspecified atom stereocenters. The number of para-hydroxylation sites is 1. The average molecular weight is 427 g/mol. The number of amides is 1. The minimum Gasteiger partial charge on any atom is -0.366 e. The van der Waals surface area contributed by atoms with Gasteiger partial charge >= 0.3 is 5.69 Å². The Hall–Kier alpha value is -3.36. The summed E-state index contributed by atoms with van der Waals surface area (Å²) in [4.78, 5) is 42.0. The number of piperazine rings is 1. The first-order valence-corrected chi connectivity index (χ1v) is 10.6. The lowest BCUT2D eigenvalue weighted by Crippen LogP contribution is -2.50. The van der Waals surface area contributed by atoms with Crippen LogP contribution in [0, 0.1) is 5.82 Å². The number of carbonyl (C=O) groups excluding carboxylic acids is 1. The fourth-order valence-electron chi connectivity index (χ4n) is 4.24. The lowest BCUT2D eigenvalue weighted by molar-refractivity contribution is -0.132. The van der Waals surface area contributed by atoms with Gasteiger partial charge in [0.1, 0.15) is 18.0 Å². The first-order chi connectivity index (χ1) is 15.0. The third kappa shape index (κ3) is 3.64. The fourth-order valence-corrected chi connectivity index (χ4v) is 4.24. The maximum absolute atomic E-state index is 14.0. The number of anilines is 1. The third-order valence-corrected chi connectivity index (χ3v) is 5.89.